The Kier molecular flexibility index (Phi) is 4.67. The smallest absolute Gasteiger partial charge is 0.334 e. The molecule has 0 aromatic rings. The van der Waals surface area contributed by atoms with Crippen molar-refractivity contribution in [1.29, 1.82) is 0 Å². The summed E-state index contributed by atoms with van der Waals surface area (Å²) in [6.07, 6.45) is 0.266. The zero-order valence-electron chi connectivity index (χ0n) is 15.1. The summed E-state index contributed by atoms with van der Waals surface area (Å²) in [4.78, 5) is 24.5. The molecule has 3 rings (SSSR count). The minimum absolute atomic E-state index is 0.193. The van der Waals surface area contributed by atoms with Crippen molar-refractivity contribution in [3.8, 4) is 0 Å². The Hall–Kier alpha value is -2.18. The van der Waals surface area contributed by atoms with E-state index < -0.39 is 42.0 Å². The van der Waals surface area contributed by atoms with Crippen molar-refractivity contribution < 1.29 is 28.9 Å². The van der Waals surface area contributed by atoms with Crippen LogP contribution in [0, 0.1) is 5.92 Å². The minimum atomic E-state index is -1.43. The number of fused-ring (bicyclic) bond motifs is 4. The van der Waals surface area contributed by atoms with Gasteiger partial charge in [0.05, 0.1) is 5.92 Å². The molecule has 0 saturated carbocycles. The highest BCUT2D eigenvalue weighted by atomic mass is 16.7. The maximum absolute atomic E-state index is 12.3. The van der Waals surface area contributed by atoms with E-state index in [1.807, 2.05) is 0 Å². The van der Waals surface area contributed by atoms with Crippen molar-refractivity contribution in [2.24, 2.45) is 5.92 Å². The van der Waals surface area contributed by atoms with Crippen LogP contribution in [-0.2, 0) is 23.8 Å². The summed E-state index contributed by atoms with van der Waals surface area (Å²) in [6.45, 7) is 15.2. The van der Waals surface area contributed by atoms with Gasteiger partial charge in [-0.1, -0.05) is 31.4 Å². The molecule has 6 nitrogen and oxygen atoms in total. The molecule has 1 N–H and O–H groups in total. The Labute approximate surface area is 152 Å². The number of aliphatic hydroxyl groups is 1. The van der Waals surface area contributed by atoms with Gasteiger partial charge >= 0.3 is 11.9 Å². The molecule has 6 heteroatoms. The van der Waals surface area contributed by atoms with Crippen LogP contribution in [0.25, 0.3) is 0 Å². The van der Waals surface area contributed by atoms with Crippen LogP contribution in [0.1, 0.15) is 33.1 Å². The summed E-state index contributed by atoms with van der Waals surface area (Å²) >= 11 is 0. The Morgan fingerprint density at radius 1 is 1.35 bits per heavy atom. The summed E-state index contributed by atoms with van der Waals surface area (Å²) in [7, 11) is 0. The number of ether oxygens (including phenoxy) is 3. The third kappa shape index (κ3) is 3.15. The molecule has 0 amide bonds. The van der Waals surface area contributed by atoms with Gasteiger partial charge in [-0.05, 0) is 19.4 Å². The number of rotatable bonds is 2. The van der Waals surface area contributed by atoms with Crippen molar-refractivity contribution in [3.63, 3.8) is 0 Å². The van der Waals surface area contributed by atoms with E-state index >= 15 is 0 Å². The van der Waals surface area contributed by atoms with E-state index in [9.17, 15) is 14.7 Å². The molecule has 0 radical (unpaired) electrons. The lowest BCUT2D eigenvalue weighted by Gasteiger charge is -2.29. The number of carbonyl (C=O) groups is 2. The van der Waals surface area contributed by atoms with Crippen molar-refractivity contribution >= 4 is 11.9 Å². The second kappa shape index (κ2) is 6.52. The van der Waals surface area contributed by atoms with Crippen molar-refractivity contribution in [2.45, 2.75) is 57.2 Å². The summed E-state index contributed by atoms with van der Waals surface area (Å²) in [5.74, 6) is -3.05. The normalized spacial score (nSPS) is 37.6. The van der Waals surface area contributed by atoms with E-state index in [0.717, 1.165) is 0 Å². The molecule has 0 aromatic heterocycles. The van der Waals surface area contributed by atoms with Crippen molar-refractivity contribution in [2.75, 3.05) is 0 Å². The van der Waals surface area contributed by atoms with Gasteiger partial charge in [-0.25, -0.2) is 9.59 Å². The first-order valence-corrected chi connectivity index (χ1v) is 8.63. The Bertz CT molecular complexity index is 733. The first kappa shape index (κ1) is 18.6. The number of hydrogen-bond donors (Lipinski definition) is 1. The summed E-state index contributed by atoms with van der Waals surface area (Å²) in [5.41, 5.74) is 1.98. The predicted molar refractivity (Wildman–Crippen MR) is 93.8 cm³/mol. The zero-order chi connectivity index (χ0) is 19.2. The van der Waals surface area contributed by atoms with E-state index in [2.05, 4.69) is 19.7 Å². The van der Waals surface area contributed by atoms with Gasteiger partial charge < -0.3 is 19.3 Å². The maximum Gasteiger partial charge on any atom is 0.334 e. The topological polar surface area (TPSA) is 82.1 Å². The van der Waals surface area contributed by atoms with Gasteiger partial charge in [-0.3, -0.25) is 0 Å². The first-order valence-electron chi connectivity index (χ1n) is 8.63. The second-order valence-electron chi connectivity index (χ2n) is 7.29. The molecule has 26 heavy (non-hydrogen) atoms. The molecule has 0 spiro atoms. The molecule has 3 saturated heterocycles. The Morgan fingerprint density at radius 3 is 2.69 bits per heavy atom. The predicted octanol–water partition coefficient (Wildman–Crippen LogP) is 2.35. The van der Waals surface area contributed by atoms with Crippen molar-refractivity contribution in [3.05, 3.63) is 48.1 Å². The van der Waals surface area contributed by atoms with Crippen LogP contribution in [0.15, 0.2) is 48.1 Å². The van der Waals surface area contributed by atoms with Gasteiger partial charge in [0.2, 0.25) is 0 Å². The lowest BCUT2D eigenvalue weighted by atomic mass is 9.82. The molecule has 3 aliphatic heterocycles. The zero-order valence-corrected chi connectivity index (χ0v) is 15.1. The lowest BCUT2D eigenvalue weighted by molar-refractivity contribution is -0.209. The van der Waals surface area contributed by atoms with Gasteiger partial charge in [0.1, 0.15) is 18.3 Å². The first-order chi connectivity index (χ1) is 12.1. The Balaban J connectivity index is 2.00. The van der Waals surface area contributed by atoms with Crippen LogP contribution in [-0.4, -0.2) is 41.1 Å². The molecule has 5 atom stereocenters. The van der Waals surface area contributed by atoms with Gasteiger partial charge in [0.15, 0.2) is 5.79 Å². The van der Waals surface area contributed by atoms with Gasteiger partial charge in [-0.15, -0.1) is 0 Å². The Morgan fingerprint density at radius 2 is 2.04 bits per heavy atom. The van der Waals surface area contributed by atoms with E-state index in [4.69, 9.17) is 14.2 Å². The fourth-order valence-electron chi connectivity index (χ4n) is 3.85. The number of hydrogen-bond acceptors (Lipinski definition) is 6. The van der Waals surface area contributed by atoms with Gasteiger partial charge in [-0.2, -0.15) is 0 Å². The summed E-state index contributed by atoms with van der Waals surface area (Å²) in [5, 5.41) is 10.7. The fourth-order valence-corrected chi connectivity index (χ4v) is 3.85. The average molecular weight is 360 g/mol. The van der Waals surface area contributed by atoms with Crippen LogP contribution in [0.5, 0.6) is 0 Å². The SMILES string of the molecule is C=C1C[C@H](OC(=O)/C(C)=C/C)[C@H]2C(=C)C(=O)O[C@@H]2[C@H]2OC(O)(C1)CC2=C. The maximum atomic E-state index is 12.3. The monoisotopic (exact) mass is 360 g/mol. The molecule has 0 aromatic carbocycles. The van der Waals surface area contributed by atoms with Crippen LogP contribution in [0.4, 0.5) is 0 Å². The molecule has 3 aliphatic rings. The van der Waals surface area contributed by atoms with Gasteiger partial charge in [0.25, 0.3) is 0 Å². The molecule has 1 unspecified atom stereocenters. The minimum Gasteiger partial charge on any atom is -0.458 e. The number of carbonyl (C=O) groups excluding carboxylic acids is 2. The van der Waals surface area contributed by atoms with Crippen LogP contribution in [0.3, 0.4) is 0 Å². The largest absolute Gasteiger partial charge is 0.458 e. The highest BCUT2D eigenvalue weighted by molar-refractivity contribution is 5.91. The molecule has 140 valence electrons. The van der Waals surface area contributed by atoms with Crippen LogP contribution >= 0.6 is 0 Å². The highest BCUT2D eigenvalue weighted by Gasteiger charge is 2.55. The second-order valence-corrected chi connectivity index (χ2v) is 7.29. The van der Waals surface area contributed by atoms with Gasteiger partial charge in [0, 0.05) is 30.4 Å². The summed E-state index contributed by atoms with van der Waals surface area (Å²) < 4.78 is 17.0. The highest BCUT2D eigenvalue weighted by Crippen LogP contribution is 2.47. The summed E-state index contributed by atoms with van der Waals surface area (Å²) in [6, 6.07) is 0. The third-order valence-electron chi connectivity index (χ3n) is 5.24. The molecule has 0 aliphatic carbocycles. The van der Waals surface area contributed by atoms with E-state index in [-0.39, 0.29) is 24.8 Å². The van der Waals surface area contributed by atoms with E-state index in [1.54, 1.807) is 19.9 Å². The third-order valence-corrected chi connectivity index (χ3v) is 5.24. The van der Waals surface area contributed by atoms with Crippen LogP contribution in [0.2, 0.25) is 0 Å². The number of esters is 2. The quantitative estimate of drug-likeness (QED) is 0.462. The molecule has 3 heterocycles. The van der Waals surface area contributed by atoms with E-state index in [0.29, 0.717) is 16.7 Å². The van der Waals surface area contributed by atoms with Crippen LogP contribution < -0.4 is 0 Å². The van der Waals surface area contributed by atoms with E-state index in [1.165, 1.54) is 0 Å². The molecule has 2 bridgehead atoms. The molecular weight excluding hydrogens is 336 g/mol. The standard InChI is InChI=1S/C20H24O6/c1-6-11(3)18(21)24-14-7-10(2)8-20(23)9-12(4)16(26-20)17-15(14)13(5)19(22)25-17/h6,14-17,23H,2,4-5,7-9H2,1,3H3/b11-6+/t14-,15+,16-,17-,20?/m0/s1. The number of allylic oxidation sites excluding steroid dienone is 1. The lowest BCUT2D eigenvalue weighted by Crippen LogP contribution is -2.40. The molecular formula is C20H24O6. The fraction of sp³-hybridized carbons (Fsp3) is 0.500. The average Bonchev–Trinajstić information content (AvgIpc) is 3.02. The van der Waals surface area contributed by atoms with Crippen molar-refractivity contribution in [1.82, 2.24) is 0 Å². The molecule has 3 fully saturated rings.